The van der Waals surface area contributed by atoms with Crippen LogP contribution in [0.1, 0.15) is 34.3 Å². The molecule has 0 fully saturated rings. The highest BCUT2D eigenvalue weighted by Gasteiger charge is 2.21. The summed E-state index contributed by atoms with van der Waals surface area (Å²) in [6.07, 6.45) is 2.53. The molecular formula is C23H20O2. The van der Waals surface area contributed by atoms with Crippen LogP contribution in [0.15, 0.2) is 72.8 Å². The predicted octanol–water partition coefficient (Wildman–Crippen LogP) is 5.45. The number of hydrogen-bond acceptors (Lipinski definition) is 2. The number of fused-ring (bicyclic) bond motifs is 1. The largest absolute Gasteiger partial charge is 0.488 e. The number of ether oxygens (including phenoxy) is 1. The lowest BCUT2D eigenvalue weighted by molar-refractivity contribution is 0.0972. The minimum absolute atomic E-state index is 0.255. The molecule has 1 aliphatic rings. The van der Waals surface area contributed by atoms with Gasteiger partial charge in [-0.2, -0.15) is 0 Å². The molecule has 3 aromatic carbocycles. The molecule has 0 N–H and O–H groups in total. The maximum atomic E-state index is 12.2. The number of Topliss-reactive ketones (excluding diaryl/α,β-unsaturated/α-hetero) is 1. The fourth-order valence-corrected chi connectivity index (χ4v) is 3.48. The number of hydrogen-bond donors (Lipinski definition) is 0. The molecule has 3 aromatic rings. The Bertz CT molecular complexity index is 897. The molecule has 0 radical (unpaired) electrons. The van der Waals surface area contributed by atoms with Crippen molar-refractivity contribution in [2.24, 2.45) is 0 Å². The molecule has 0 saturated carbocycles. The molecule has 2 heteroatoms. The Labute approximate surface area is 148 Å². The maximum absolute atomic E-state index is 12.2. The van der Waals surface area contributed by atoms with E-state index in [1.165, 1.54) is 0 Å². The third kappa shape index (κ3) is 3.20. The van der Waals surface area contributed by atoms with Gasteiger partial charge in [0.2, 0.25) is 0 Å². The molecule has 0 aliphatic heterocycles. The van der Waals surface area contributed by atoms with Gasteiger partial charge in [0.1, 0.15) is 12.4 Å². The summed E-state index contributed by atoms with van der Waals surface area (Å²) in [5.74, 6) is 1.11. The molecule has 2 nitrogen and oxygen atoms in total. The van der Waals surface area contributed by atoms with E-state index in [1.54, 1.807) is 0 Å². The molecule has 0 saturated heterocycles. The van der Waals surface area contributed by atoms with E-state index >= 15 is 0 Å². The van der Waals surface area contributed by atoms with E-state index in [0.29, 0.717) is 13.0 Å². The summed E-state index contributed by atoms with van der Waals surface area (Å²) in [6, 6.07) is 24.3. The monoisotopic (exact) mass is 328 g/mol. The summed E-state index contributed by atoms with van der Waals surface area (Å²) in [5, 5.41) is 0. The Balaban J connectivity index is 1.70. The van der Waals surface area contributed by atoms with Crippen LogP contribution in [0.3, 0.4) is 0 Å². The number of benzene rings is 3. The summed E-state index contributed by atoms with van der Waals surface area (Å²) in [7, 11) is 0. The molecule has 0 heterocycles. The van der Waals surface area contributed by atoms with E-state index in [0.717, 1.165) is 46.4 Å². The van der Waals surface area contributed by atoms with Gasteiger partial charge in [-0.1, -0.05) is 66.7 Å². The summed E-state index contributed by atoms with van der Waals surface area (Å²) >= 11 is 0. The van der Waals surface area contributed by atoms with E-state index in [-0.39, 0.29) is 5.78 Å². The van der Waals surface area contributed by atoms with E-state index in [2.05, 4.69) is 24.3 Å². The van der Waals surface area contributed by atoms with Crippen molar-refractivity contribution in [2.45, 2.75) is 25.9 Å². The highest BCUT2D eigenvalue weighted by Crippen LogP contribution is 2.36. The van der Waals surface area contributed by atoms with Crippen molar-refractivity contribution in [1.29, 1.82) is 0 Å². The van der Waals surface area contributed by atoms with Gasteiger partial charge in [-0.3, -0.25) is 4.79 Å². The van der Waals surface area contributed by atoms with E-state index in [9.17, 15) is 4.79 Å². The van der Waals surface area contributed by atoms with Gasteiger partial charge in [-0.15, -0.1) is 0 Å². The zero-order chi connectivity index (χ0) is 17.1. The first-order valence-electron chi connectivity index (χ1n) is 8.74. The molecule has 25 heavy (non-hydrogen) atoms. The lowest BCUT2D eigenvalue weighted by Crippen LogP contribution is -2.11. The number of ketones is 1. The van der Waals surface area contributed by atoms with Crippen molar-refractivity contribution in [2.75, 3.05) is 0 Å². The number of rotatable bonds is 4. The Hall–Kier alpha value is -2.87. The fraction of sp³-hybridized carbons (Fsp3) is 0.174. The third-order valence-electron chi connectivity index (χ3n) is 4.72. The van der Waals surface area contributed by atoms with Crippen molar-refractivity contribution < 1.29 is 9.53 Å². The topological polar surface area (TPSA) is 26.3 Å². The van der Waals surface area contributed by atoms with E-state index in [1.807, 2.05) is 48.5 Å². The first-order valence-corrected chi connectivity index (χ1v) is 8.74. The van der Waals surface area contributed by atoms with Crippen LogP contribution in [-0.4, -0.2) is 5.78 Å². The van der Waals surface area contributed by atoms with Gasteiger partial charge in [0.15, 0.2) is 5.78 Å². The molecule has 0 bridgehead atoms. The number of carbonyl (C=O) groups is 1. The molecule has 0 unspecified atom stereocenters. The standard InChI is InChI=1S/C23H20O2/c24-22-14-7-12-18-19(11-6-13-20(18)22)21-10-4-5-15-23(21)25-16-17-8-2-1-3-9-17/h1-6,8-11,13,15H,7,12,14,16H2. The average Bonchev–Trinajstić information content (AvgIpc) is 2.67. The van der Waals surface area contributed by atoms with Crippen LogP contribution in [-0.2, 0) is 13.0 Å². The first kappa shape index (κ1) is 15.6. The second-order valence-corrected chi connectivity index (χ2v) is 6.38. The maximum Gasteiger partial charge on any atom is 0.163 e. The average molecular weight is 328 g/mol. The summed E-state index contributed by atoms with van der Waals surface area (Å²) in [4.78, 5) is 12.2. The van der Waals surface area contributed by atoms with Crippen molar-refractivity contribution in [1.82, 2.24) is 0 Å². The minimum atomic E-state index is 0.255. The SMILES string of the molecule is O=C1CCCc2c1cccc2-c1ccccc1OCc1ccccc1. The van der Waals surface area contributed by atoms with E-state index in [4.69, 9.17) is 4.74 Å². The number of para-hydroxylation sites is 1. The van der Waals surface area contributed by atoms with Crippen molar-refractivity contribution in [3.05, 3.63) is 89.5 Å². The molecular weight excluding hydrogens is 308 g/mol. The molecule has 4 rings (SSSR count). The van der Waals surface area contributed by atoms with Gasteiger partial charge in [0, 0.05) is 17.5 Å². The molecule has 124 valence electrons. The lowest BCUT2D eigenvalue weighted by Gasteiger charge is -2.20. The highest BCUT2D eigenvalue weighted by atomic mass is 16.5. The second kappa shape index (κ2) is 6.94. The Kier molecular flexibility index (Phi) is 4.34. The van der Waals surface area contributed by atoms with Crippen LogP contribution in [0.25, 0.3) is 11.1 Å². The Morgan fingerprint density at radius 1 is 0.720 bits per heavy atom. The van der Waals surface area contributed by atoms with Crippen molar-refractivity contribution in [3.8, 4) is 16.9 Å². The van der Waals surface area contributed by atoms with Gasteiger partial charge >= 0.3 is 0 Å². The quantitative estimate of drug-likeness (QED) is 0.636. The molecule has 0 aromatic heterocycles. The smallest absolute Gasteiger partial charge is 0.163 e. The molecule has 1 aliphatic carbocycles. The van der Waals surface area contributed by atoms with Crippen molar-refractivity contribution in [3.63, 3.8) is 0 Å². The minimum Gasteiger partial charge on any atom is -0.488 e. The van der Waals surface area contributed by atoms with Crippen LogP contribution >= 0.6 is 0 Å². The van der Waals surface area contributed by atoms with Crippen LogP contribution in [0.2, 0.25) is 0 Å². The number of carbonyl (C=O) groups excluding carboxylic acids is 1. The van der Waals surface area contributed by atoms with Crippen LogP contribution in [0.4, 0.5) is 0 Å². The zero-order valence-corrected chi connectivity index (χ0v) is 14.1. The van der Waals surface area contributed by atoms with Crippen LogP contribution in [0, 0.1) is 0 Å². The third-order valence-corrected chi connectivity index (χ3v) is 4.72. The first-order chi connectivity index (χ1) is 12.3. The molecule has 0 atom stereocenters. The van der Waals surface area contributed by atoms with Crippen LogP contribution < -0.4 is 4.74 Å². The van der Waals surface area contributed by atoms with Crippen LogP contribution in [0.5, 0.6) is 5.75 Å². The molecule has 0 spiro atoms. The Morgan fingerprint density at radius 2 is 1.44 bits per heavy atom. The van der Waals surface area contributed by atoms with Gasteiger partial charge in [0.05, 0.1) is 0 Å². The predicted molar refractivity (Wildman–Crippen MR) is 99.9 cm³/mol. The van der Waals surface area contributed by atoms with Gasteiger partial charge in [-0.25, -0.2) is 0 Å². The fourth-order valence-electron chi connectivity index (χ4n) is 3.48. The Morgan fingerprint density at radius 3 is 2.32 bits per heavy atom. The lowest BCUT2D eigenvalue weighted by atomic mass is 9.85. The second-order valence-electron chi connectivity index (χ2n) is 6.38. The summed E-state index contributed by atoms with van der Waals surface area (Å²) in [6.45, 7) is 0.534. The van der Waals surface area contributed by atoms with Gasteiger partial charge in [-0.05, 0) is 35.6 Å². The summed E-state index contributed by atoms with van der Waals surface area (Å²) < 4.78 is 6.11. The van der Waals surface area contributed by atoms with E-state index < -0.39 is 0 Å². The summed E-state index contributed by atoms with van der Waals surface area (Å²) in [5.41, 5.74) is 5.36. The normalized spacial score (nSPS) is 13.4. The van der Waals surface area contributed by atoms with Gasteiger partial charge in [0.25, 0.3) is 0 Å². The van der Waals surface area contributed by atoms with Gasteiger partial charge < -0.3 is 4.74 Å². The van der Waals surface area contributed by atoms with Crippen molar-refractivity contribution >= 4 is 5.78 Å². The molecule has 0 amide bonds. The zero-order valence-electron chi connectivity index (χ0n) is 14.1. The highest BCUT2D eigenvalue weighted by molar-refractivity contribution is 6.00.